The second kappa shape index (κ2) is 3.54. The van der Waals surface area contributed by atoms with E-state index in [1.807, 2.05) is 18.0 Å². The molecule has 2 unspecified atom stereocenters. The molecular weight excluding hydrogens is 182 g/mol. The zero-order valence-electron chi connectivity index (χ0n) is 8.08. The van der Waals surface area contributed by atoms with E-state index in [4.69, 9.17) is 10.5 Å². The summed E-state index contributed by atoms with van der Waals surface area (Å²) in [5.41, 5.74) is 7.55. The maximum atomic E-state index is 6.25. The van der Waals surface area contributed by atoms with Gasteiger partial charge in [-0.15, -0.1) is 0 Å². The van der Waals surface area contributed by atoms with E-state index in [2.05, 4.69) is 6.92 Å². The van der Waals surface area contributed by atoms with Crippen LogP contribution in [0.15, 0.2) is 11.8 Å². The Morgan fingerprint density at radius 1 is 1.69 bits per heavy atom. The Labute approximate surface area is 83.9 Å². The molecule has 2 nitrogen and oxygen atoms in total. The average molecular weight is 199 g/mol. The molecule has 0 aromatic rings. The second-order valence-corrected chi connectivity index (χ2v) is 5.69. The standard InChI is InChI=1S/C10H17NOS/c1-10(4-2-6-13-10)9(11)8-3-5-12-7-8/h7,9H,2-6,11H2,1H3. The van der Waals surface area contributed by atoms with Gasteiger partial charge in [0.05, 0.1) is 12.9 Å². The molecule has 0 bridgehead atoms. The van der Waals surface area contributed by atoms with Crippen LogP contribution in [0, 0.1) is 0 Å². The Kier molecular flexibility index (Phi) is 2.56. The fourth-order valence-electron chi connectivity index (χ4n) is 2.07. The Morgan fingerprint density at radius 3 is 3.08 bits per heavy atom. The molecule has 2 N–H and O–H groups in total. The lowest BCUT2D eigenvalue weighted by molar-refractivity contribution is 0.281. The van der Waals surface area contributed by atoms with Crippen molar-refractivity contribution in [3.05, 3.63) is 11.8 Å². The number of thioether (sulfide) groups is 1. The van der Waals surface area contributed by atoms with E-state index in [1.165, 1.54) is 24.2 Å². The summed E-state index contributed by atoms with van der Waals surface area (Å²) < 4.78 is 5.49. The predicted molar refractivity (Wildman–Crippen MR) is 56.7 cm³/mol. The van der Waals surface area contributed by atoms with Gasteiger partial charge in [-0.05, 0) is 31.1 Å². The second-order valence-electron chi connectivity index (χ2n) is 4.06. The van der Waals surface area contributed by atoms with Gasteiger partial charge in [0.15, 0.2) is 0 Å². The lowest BCUT2D eigenvalue weighted by atomic mass is 9.90. The molecule has 2 heterocycles. The van der Waals surface area contributed by atoms with Gasteiger partial charge >= 0.3 is 0 Å². The summed E-state index contributed by atoms with van der Waals surface area (Å²) in [5, 5.41) is 0. The zero-order valence-corrected chi connectivity index (χ0v) is 8.90. The first-order valence-corrected chi connectivity index (χ1v) is 5.91. The van der Waals surface area contributed by atoms with Crippen molar-refractivity contribution >= 4 is 11.8 Å². The van der Waals surface area contributed by atoms with Crippen molar-refractivity contribution in [3.8, 4) is 0 Å². The van der Waals surface area contributed by atoms with Crippen LogP contribution in [0.3, 0.4) is 0 Å². The van der Waals surface area contributed by atoms with Crippen LogP contribution in [-0.4, -0.2) is 23.1 Å². The summed E-state index contributed by atoms with van der Waals surface area (Å²) >= 11 is 2.02. The number of rotatable bonds is 2. The highest BCUT2D eigenvalue weighted by Gasteiger charge is 2.38. The van der Waals surface area contributed by atoms with E-state index >= 15 is 0 Å². The van der Waals surface area contributed by atoms with Crippen molar-refractivity contribution in [1.29, 1.82) is 0 Å². The molecule has 74 valence electrons. The van der Waals surface area contributed by atoms with Crippen LogP contribution in [-0.2, 0) is 4.74 Å². The molecule has 13 heavy (non-hydrogen) atoms. The van der Waals surface area contributed by atoms with E-state index in [1.54, 1.807) is 0 Å². The van der Waals surface area contributed by atoms with E-state index in [0.29, 0.717) is 0 Å². The van der Waals surface area contributed by atoms with Crippen molar-refractivity contribution in [1.82, 2.24) is 0 Å². The minimum atomic E-state index is 0.197. The minimum Gasteiger partial charge on any atom is -0.501 e. The molecule has 2 aliphatic rings. The van der Waals surface area contributed by atoms with Gasteiger partial charge in [0.1, 0.15) is 0 Å². The lowest BCUT2D eigenvalue weighted by Crippen LogP contribution is -2.42. The first-order valence-electron chi connectivity index (χ1n) is 4.92. The summed E-state index contributed by atoms with van der Waals surface area (Å²) in [6.45, 7) is 3.11. The van der Waals surface area contributed by atoms with Crippen LogP contribution in [0.5, 0.6) is 0 Å². The fraction of sp³-hybridized carbons (Fsp3) is 0.800. The summed E-state index contributed by atoms with van der Waals surface area (Å²) in [6.07, 6.45) is 5.45. The normalized spacial score (nSPS) is 35.7. The molecule has 0 aromatic heterocycles. The maximum Gasteiger partial charge on any atom is 0.0912 e. The Balaban J connectivity index is 2.06. The molecule has 2 atom stereocenters. The van der Waals surface area contributed by atoms with Crippen molar-refractivity contribution < 1.29 is 4.74 Å². The van der Waals surface area contributed by atoms with E-state index in [9.17, 15) is 0 Å². The molecule has 0 spiro atoms. The highest BCUT2D eigenvalue weighted by atomic mass is 32.2. The third kappa shape index (κ3) is 1.72. The Hall–Kier alpha value is -0.150. The fourth-order valence-corrected chi connectivity index (χ4v) is 3.44. The number of hydrogen-bond acceptors (Lipinski definition) is 3. The highest BCUT2D eigenvalue weighted by molar-refractivity contribution is 8.00. The van der Waals surface area contributed by atoms with Gasteiger partial charge in [-0.2, -0.15) is 11.8 Å². The van der Waals surface area contributed by atoms with Gasteiger partial charge < -0.3 is 10.5 Å². The highest BCUT2D eigenvalue weighted by Crippen LogP contribution is 2.42. The largest absolute Gasteiger partial charge is 0.501 e. The maximum absolute atomic E-state index is 6.25. The molecule has 2 rings (SSSR count). The van der Waals surface area contributed by atoms with Crippen molar-refractivity contribution in [3.63, 3.8) is 0 Å². The van der Waals surface area contributed by atoms with Crippen LogP contribution in [0.2, 0.25) is 0 Å². The average Bonchev–Trinajstić information content (AvgIpc) is 2.73. The molecule has 1 fully saturated rings. The quantitative estimate of drug-likeness (QED) is 0.738. The first-order chi connectivity index (χ1) is 6.22. The lowest BCUT2D eigenvalue weighted by Gasteiger charge is -2.30. The Bertz CT molecular complexity index is 221. The van der Waals surface area contributed by atoms with E-state index in [0.717, 1.165) is 13.0 Å². The zero-order chi connectivity index (χ0) is 9.31. The van der Waals surface area contributed by atoms with E-state index in [-0.39, 0.29) is 10.8 Å². The molecule has 3 heteroatoms. The summed E-state index contributed by atoms with van der Waals surface area (Å²) in [7, 11) is 0. The van der Waals surface area contributed by atoms with Crippen molar-refractivity contribution in [2.24, 2.45) is 5.73 Å². The minimum absolute atomic E-state index is 0.197. The van der Waals surface area contributed by atoms with Gasteiger partial charge in [0.25, 0.3) is 0 Å². The third-order valence-electron chi connectivity index (χ3n) is 3.05. The van der Waals surface area contributed by atoms with Gasteiger partial charge in [-0.1, -0.05) is 0 Å². The number of hydrogen-bond donors (Lipinski definition) is 1. The number of nitrogens with two attached hydrogens (primary N) is 1. The van der Waals surface area contributed by atoms with Gasteiger partial charge in [0.2, 0.25) is 0 Å². The first kappa shape index (κ1) is 9.41. The topological polar surface area (TPSA) is 35.2 Å². The van der Waals surface area contributed by atoms with Gasteiger partial charge in [-0.25, -0.2) is 0 Å². The van der Waals surface area contributed by atoms with Crippen molar-refractivity contribution in [2.45, 2.75) is 37.0 Å². The summed E-state index contributed by atoms with van der Waals surface area (Å²) in [5.74, 6) is 1.26. The smallest absolute Gasteiger partial charge is 0.0912 e. The molecule has 0 saturated carbocycles. The monoisotopic (exact) mass is 199 g/mol. The molecule has 2 aliphatic heterocycles. The third-order valence-corrected chi connectivity index (χ3v) is 4.66. The van der Waals surface area contributed by atoms with Crippen LogP contribution in [0.1, 0.15) is 26.2 Å². The van der Waals surface area contributed by atoms with Crippen LogP contribution < -0.4 is 5.73 Å². The van der Waals surface area contributed by atoms with Crippen LogP contribution >= 0.6 is 11.8 Å². The molecular formula is C10H17NOS. The molecule has 0 aliphatic carbocycles. The van der Waals surface area contributed by atoms with Gasteiger partial charge in [0, 0.05) is 17.2 Å². The molecule has 0 amide bonds. The molecule has 0 radical (unpaired) electrons. The molecule has 1 saturated heterocycles. The summed E-state index contributed by atoms with van der Waals surface area (Å²) in [4.78, 5) is 0. The predicted octanol–water partition coefficient (Wildman–Crippen LogP) is 1.90. The Morgan fingerprint density at radius 2 is 2.54 bits per heavy atom. The van der Waals surface area contributed by atoms with E-state index < -0.39 is 0 Å². The van der Waals surface area contributed by atoms with Crippen LogP contribution in [0.4, 0.5) is 0 Å². The number of ether oxygens (including phenoxy) is 1. The SMILES string of the molecule is CC1(C(N)C2=COCC2)CCCS1. The van der Waals surface area contributed by atoms with Crippen LogP contribution in [0.25, 0.3) is 0 Å². The molecule has 0 aromatic carbocycles. The summed E-state index contributed by atoms with van der Waals surface area (Å²) in [6, 6.07) is 0.197. The van der Waals surface area contributed by atoms with Gasteiger partial charge in [-0.3, -0.25) is 0 Å². The van der Waals surface area contributed by atoms with Crippen molar-refractivity contribution in [2.75, 3.05) is 12.4 Å².